The van der Waals surface area contributed by atoms with E-state index in [-0.39, 0.29) is 16.4 Å². The maximum atomic E-state index is 12.9. The van der Waals surface area contributed by atoms with E-state index in [0.717, 1.165) is 29.3 Å². The van der Waals surface area contributed by atoms with Gasteiger partial charge in [0.25, 0.3) is 5.91 Å². The van der Waals surface area contributed by atoms with E-state index in [1.54, 1.807) is 18.2 Å². The van der Waals surface area contributed by atoms with E-state index in [2.05, 4.69) is 26.1 Å². The summed E-state index contributed by atoms with van der Waals surface area (Å²) < 4.78 is 44.6. The average Bonchev–Trinajstić information content (AvgIpc) is 2.91. The Hall–Kier alpha value is -4.90. The van der Waals surface area contributed by atoms with E-state index >= 15 is 0 Å². The van der Waals surface area contributed by atoms with Crippen LogP contribution in [0.4, 0.5) is 29.3 Å². The van der Waals surface area contributed by atoms with Crippen molar-refractivity contribution in [1.82, 2.24) is 10.4 Å². The number of rotatable bonds is 7. The van der Waals surface area contributed by atoms with Crippen molar-refractivity contribution in [2.75, 3.05) is 10.6 Å². The first-order valence-electron chi connectivity index (χ1n) is 11.7. The van der Waals surface area contributed by atoms with Gasteiger partial charge in [0.1, 0.15) is 17.2 Å². The maximum absolute atomic E-state index is 12.9. The minimum absolute atomic E-state index is 0.0460. The van der Waals surface area contributed by atoms with Crippen LogP contribution in [-0.4, -0.2) is 23.1 Å². The molecule has 0 saturated carbocycles. The Kier molecular flexibility index (Phi) is 8.65. The summed E-state index contributed by atoms with van der Waals surface area (Å²) in [6, 6.07) is 18.6. The standard InChI is InChI=1S/C28H21ClF3N5O3/c1-17-2-4-18(5-3-17)16-34-37-26(38)25-15-22(12-13-33-25)40-21-9-7-20(8-10-21)35-27(39)36-24-14-19(28(30,31)32)6-11-23(24)29/h2-16H,1H3,(H,37,38)(H2,35,36,39)/b34-16+. The molecule has 3 aromatic carbocycles. The summed E-state index contributed by atoms with van der Waals surface area (Å²) in [6.45, 7) is 1.97. The topological polar surface area (TPSA) is 105 Å². The third-order valence-electron chi connectivity index (χ3n) is 5.31. The minimum atomic E-state index is -4.58. The van der Waals surface area contributed by atoms with Gasteiger partial charge in [0.05, 0.1) is 22.5 Å². The van der Waals surface area contributed by atoms with E-state index in [1.807, 2.05) is 31.2 Å². The molecule has 12 heteroatoms. The molecular weight excluding hydrogens is 547 g/mol. The average molecular weight is 568 g/mol. The lowest BCUT2D eigenvalue weighted by Gasteiger charge is -2.13. The predicted molar refractivity (Wildman–Crippen MR) is 146 cm³/mol. The van der Waals surface area contributed by atoms with Gasteiger partial charge in [0.15, 0.2) is 0 Å². The molecule has 0 radical (unpaired) electrons. The maximum Gasteiger partial charge on any atom is 0.416 e. The number of carbonyl (C=O) groups is 2. The number of aryl methyl sites for hydroxylation is 1. The molecule has 0 fully saturated rings. The van der Waals surface area contributed by atoms with Crippen LogP contribution in [0.15, 0.2) is 90.2 Å². The molecule has 0 aliphatic heterocycles. The number of halogens is 4. The molecule has 8 nitrogen and oxygen atoms in total. The van der Waals surface area contributed by atoms with Crippen LogP contribution in [0.25, 0.3) is 0 Å². The van der Waals surface area contributed by atoms with Crippen LogP contribution in [0.5, 0.6) is 11.5 Å². The number of aromatic nitrogens is 1. The monoisotopic (exact) mass is 567 g/mol. The highest BCUT2D eigenvalue weighted by Crippen LogP contribution is 2.34. The van der Waals surface area contributed by atoms with Crippen LogP contribution >= 0.6 is 11.6 Å². The summed E-state index contributed by atoms with van der Waals surface area (Å²) in [7, 11) is 0. The molecule has 0 unspecified atom stereocenters. The van der Waals surface area contributed by atoms with E-state index in [1.165, 1.54) is 30.6 Å². The smallest absolute Gasteiger partial charge is 0.416 e. The molecule has 204 valence electrons. The molecule has 0 aliphatic rings. The Labute approximate surface area is 231 Å². The van der Waals surface area contributed by atoms with Crippen molar-refractivity contribution in [2.45, 2.75) is 13.1 Å². The van der Waals surface area contributed by atoms with Crippen LogP contribution in [-0.2, 0) is 6.18 Å². The van der Waals surface area contributed by atoms with E-state index in [4.69, 9.17) is 16.3 Å². The number of benzene rings is 3. The van der Waals surface area contributed by atoms with Crippen molar-refractivity contribution in [2.24, 2.45) is 5.10 Å². The Morgan fingerprint density at radius 2 is 1.65 bits per heavy atom. The largest absolute Gasteiger partial charge is 0.457 e. The molecule has 3 amide bonds. The number of nitrogens with zero attached hydrogens (tertiary/aromatic N) is 2. The number of pyridine rings is 1. The normalized spacial score (nSPS) is 11.2. The first kappa shape index (κ1) is 28.1. The molecule has 0 saturated heterocycles. The summed E-state index contributed by atoms with van der Waals surface area (Å²) in [4.78, 5) is 28.7. The Bertz CT molecular complexity index is 1540. The van der Waals surface area contributed by atoms with Crippen molar-refractivity contribution in [3.63, 3.8) is 0 Å². The SMILES string of the molecule is Cc1ccc(/C=N/NC(=O)c2cc(Oc3ccc(NC(=O)Nc4cc(C(F)(F)F)ccc4Cl)cc3)ccn2)cc1. The van der Waals surface area contributed by atoms with Gasteiger partial charge in [0, 0.05) is 18.0 Å². The van der Waals surface area contributed by atoms with Gasteiger partial charge in [0.2, 0.25) is 0 Å². The lowest BCUT2D eigenvalue weighted by Crippen LogP contribution is -2.20. The zero-order chi connectivity index (χ0) is 28.7. The van der Waals surface area contributed by atoms with Crippen LogP contribution in [0.1, 0.15) is 27.2 Å². The number of hydrogen-bond acceptors (Lipinski definition) is 5. The van der Waals surface area contributed by atoms with E-state index < -0.39 is 23.7 Å². The second kappa shape index (κ2) is 12.3. The third-order valence-corrected chi connectivity index (χ3v) is 5.64. The highest BCUT2D eigenvalue weighted by atomic mass is 35.5. The number of anilines is 2. The van der Waals surface area contributed by atoms with Gasteiger partial charge in [-0.25, -0.2) is 10.2 Å². The van der Waals surface area contributed by atoms with Crippen molar-refractivity contribution < 1.29 is 27.5 Å². The Morgan fingerprint density at radius 3 is 2.35 bits per heavy atom. The number of ether oxygens (including phenoxy) is 1. The predicted octanol–water partition coefficient (Wildman–Crippen LogP) is 7.26. The highest BCUT2D eigenvalue weighted by molar-refractivity contribution is 6.33. The molecule has 4 rings (SSSR count). The number of urea groups is 1. The third kappa shape index (κ3) is 7.81. The van der Waals surface area contributed by atoms with Crippen molar-refractivity contribution in [3.05, 3.63) is 112 Å². The second-order valence-corrected chi connectivity index (χ2v) is 8.79. The number of nitrogens with one attached hydrogen (secondary N) is 3. The van der Waals surface area contributed by atoms with Gasteiger partial charge in [-0.3, -0.25) is 9.78 Å². The van der Waals surface area contributed by atoms with Crippen molar-refractivity contribution in [1.29, 1.82) is 0 Å². The lowest BCUT2D eigenvalue weighted by atomic mass is 10.2. The number of amides is 3. The van der Waals surface area contributed by atoms with Crippen LogP contribution in [0.3, 0.4) is 0 Å². The van der Waals surface area contributed by atoms with Crippen molar-refractivity contribution in [3.8, 4) is 11.5 Å². The fraction of sp³-hybridized carbons (Fsp3) is 0.0714. The van der Waals surface area contributed by atoms with E-state index in [0.29, 0.717) is 17.2 Å². The summed E-state index contributed by atoms with van der Waals surface area (Å²) >= 11 is 5.91. The molecule has 0 atom stereocenters. The van der Waals surface area contributed by atoms with Crippen molar-refractivity contribution >= 4 is 41.1 Å². The van der Waals surface area contributed by atoms with Crippen LogP contribution in [0.2, 0.25) is 5.02 Å². The molecule has 0 spiro atoms. The molecule has 4 aromatic rings. The van der Waals surface area contributed by atoms with E-state index in [9.17, 15) is 22.8 Å². The summed E-state index contributed by atoms with van der Waals surface area (Å²) in [6.07, 6.45) is -1.66. The fourth-order valence-corrected chi connectivity index (χ4v) is 3.46. The second-order valence-electron chi connectivity index (χ2n) is 8.38. The first-order valence-corrected chi connectivity index (χ1v) is 12.0. The lowest BCUT2D eigenvalue weighted by molar-refractivity contribution is -0.137. The number of carbonyl (C=O) groups excluding carboxylic acids is 2. The zero-order valence-corrected chi connectivity index (χ0v) is 21.5. The molecule has 3 N–H and O–H groups in total. The molecule has 1 aromatic heterocycles. The summed E-state index contributed by atoms with van der Waals surface area (Å²) in [5.41, 5.74) is 3.64. The van der Waals surface area contributed by atoms with Crippen LogP contribution < -0.4 is 20.8 Å². The van der Waals surface area contributed by atoms with Gasteiger partial charge in [-0.05, 0) is 61.0 Å². The summed E-state index contributed by atoms with van der Waals surface area (Å²) in [5, 5.41) is 8.70. The highest BCUT2D eigenvalue weighted by Gasteiger charge is 2.31. The Balaban J connectivity index is 1.33. The number of hydrogen-bond donors (Lipinski definition) is 3. The van der Waals surface area contributed by atoms with Gasteiger partial charge in [-0.1, -0.05) is 41.4 Å². The van der Waals surface area contributed by atoms with Gasteiger partial charge in [-0.2, -0.15) is 18.3 Å². The van der Waals surface area contributed by atoms with Gasteiger partial charge in [-0.15, -0.1) is 0 Å². The van der Waals surface area contributed by atoms with Gasteiger partial charge < -0.3 is 15.4 Å². The fourth-order valence-electron chi connectivity index (χ4n) is 3.30. The minimum Gasteiger partial charge on any atom is -0.457 e. The number of alkyl halides is 3. The molecule has 40 heavy (non-hydrogen) atoms. The summed E-state index contributed by atoms with van der Waals surface area (Å²) in [5.74, 6) is 0.197. The zero-order valence-electron chi connectivity index (χ0n) is 20.8. The van der Waals surface area contributed by atoms with Gasteiger partial charge >= 0.3 is 12.2 Å². The molecule has 0 aliphatic carbocycles. The number of hydrazone groups is 1. The Morgan fingerprint density at radius 1 is 0.925 bits per heavy atom. The molecule has 0 bridgehead atoms. The molecule has 1 heterocycles. The van der Waals surface area contributed by atoms with Crippen LogP contribution in [0, 0.1) is 6.92 Å². The molecular formula is C28H21ClF3N5O3. The first-order chi connectivity index (χ1) is 19.1. The quantitative estimate of drug-likeness (QED) is 0.161.